The van der Waals surface area contributed by atoms with Gasteiger partial charge in [0.15, 0.2) is 0 Å². The van der Waals surface area contributed by atoms with E-state index in [0.717, 1.165) is 18.7 Å². The Morgan fingerprint density at radius 1 is 1.47 bits per heavy atom. The molecule has 2 aromatic heterocycles. The molecule has 17 heavy (non-hydrogen) atoms. The number of hydrogen-bond acceptors (Lipinski definition) is 3. The summed E-state index contributed by atoms with van der Waals surface area (Å²) in [5.41, 5.74) is 0.529. The fourth-order valence-electron chi connectivity index (χ4n) is 1.93. The molecule has 0 aromatic carbocycles. The molecule has 0 saturated heterocycles. The van der Waals surface area contributed by atoms with E-state index in [2.05, 4.69) is 25.9 Å². The smallest absolute Gasteiger partial charge is 0.261 e. The Balaban J connectivity index is 2.43. The lowest BCUT2D eigenvalue weighted by Gasteiger charge is -2.08. The average Bonchev–Trinajstić information content (AvgIpc) is 3.08. The van der Waals surface area contributed by atoms with Crippen molar-refractivity contribution in [2.75, 3.05) is 0 Å². The minimum absolute atomic E-state index is 0.0677. The lowest BCUT2D eigenvalue weighted by molar-refractivity contribution is 0.744. The van der Waals surface area contributed by atoms with E-state index >= 15 is 0 Å². The molecule has 0 aliphatic heterocycles. The van der Waals surface area contributed by atoms with E-state index in [4.69, 9.17) is 11.6 Å². The van der Waals surface area contributed by atoms with Gasteiger partial charge in [-0.1, -0.05) is 11.6 Å². The van der Waals surface area contributed by atoms with Crippen molar-refractivity contribution >= 4 is 38.4 Å². The van der Waals surface area contributed by atoms with E-state index < -0.39 is 0 Å². The Bertz CT molecular complexity index is 678. The van der Waals surface area contributed by atoms with Crippen molar-refractivity contribution in [1.82, 2.24) is 14.5 Å². The van der Waals surface area contributed by atoms with Gasteiger partial charge in [0.25, 0.3) is 5.56 Å². The Hall–Kier alpha value is -0.940. The van der Waals surface area contributed by atoms with Crippen molar-refractivity contribution in [3.05, 3.63) is 32.0 Å². The molecule has 4 nitrogen and oxygen atoms in total. The van der Waals surface area contributed by atoms with Crippen LogP contribution in [0.1, 0.15) is 24.6 Å². The molecule has 0 N–H and O–H groups in total. The van der Waals surface area contributed by atoms with Crippen LogP contribution < -0.4 is 5.56 Å². The number of aromatic nitrogens is 3. The zero-order chi connectivity index (χ0) is 12.2. The van der Waals surface area contributed by atoms with E-state index in [1.807, 2.05) is 0 Å². The summed E-state index contributed by atoms with van der Waals surface area (Å²) in [6.07, 6.45) is 2.20. The zero-order valence-corrected chi connectivity index (χ0v) is 11.4. The summed E-state index contributed by atoms with van der Waals surface area (Å²) < 4.78 is 2.14. The van der Waals surface area contributed by atoms with Crippen molar-refractivity contribution in [3.8, 4) is 0 Å². The molecule has 2 heterocycles. The van der Waals surface area contributed by atoms with Crippen LogP contribution >= 0.6 is 27.5 Å². The highest BCUT2D eigenvalue weighted by Crippen LogP contribution is 2.39. The Kier molecular flexibility index (Phi) is 2.48. The first kappa shape index (κ1) is 11.2. The molecule has 0 amide bonds. The van der Waals surface area contributed by atoms with Gasteiger partial charge >= 0.3 is 0 Å². The van der Waals surface area contributed by atoms with Gasteiger partial charge in [-0.25, -0.2) is 9.97 Å². The third-order valence-corrected chi connectivity index (χ3v) is 3.71. The molecule has 1 aliphatic carbocycles. The molecular formula is C11H9BrClN3O. The van der Waals surface area contributed by atoms with E-state index in [-0.39, 0.29) is 5.56 Å². The van der Waals surface area contributed by atoms with Gasteiger partial charge in [0.05, 0.1) is 5.39 Å². The van der Waals surface area contributed by atoms with Gasteiger partial charge in [-0.3, -0.25) is 9.36 Å². The third-order valence-electron chi connectivity index (χ3n) is 2.97. The predicted octanol–water partition coefficient (Wildman–Crippen LogP) is 2.62. The summed E-state index contributed by atoms with van der Waals surface area (Å²) >= 11 is 9.15. The van der Waals surface area contributed by atoms with Crippen LogP contribution in [0.15, 0.2) is 15.5 Å². The number of rotatable bonds is 1. The van der Waals surface area contributed by atoms with Crippen LogP contribution in [0.2, 0.25) is 5.15 Å². The van der Waals surface area contributed by atoms with Crippen LogP contribution in [0.3, 0.4) is 0 Å². The summed E-state index contributed by atoms with van der Waals surface area (Å²) in [7, 11) is 1.75. The minimum atomic E-state index is -0.0677. The largest absolute Gasteiger partial charge is 0.299 e. The second-order valence-corrected chi connectivity index (χ2v) is 5.38. The molecule has 88 valence electrons. The number of fused-ring (bicyclic) bond motifs is 1. The minimum Gasteiger partial charge on any atom is -0.299 e. The molecule has 6 heteroatoms. The van der Waals surface area contributed by atoms with Crippen LogP contribution in [0.4, 0.5) is 0 Å². The van der Waals surface area contributed by atoms with Crippen molar-refractivity contribution in [3.63, 3.8) is 0 Å². The first-order valence-corrected chi connectivity index (χ1v) is 6.47. The maximum atomic E-state index is 12.2. The van der Waals surface area contributed by atoms with Gasteiger partial charge in [0.2, 0.25) is 0 Å². The SMILES string of the molecule is Cn1c(C2CC2)nc2c(Br)nc(Cl)cc2c1=O. The van der Waals surface area contributed by atoms with Gasteiger partial charge < -0.3 is 0 Å². The molecule has 0 unspecified atom stereocenters. The normalized spacial score (nSPS) is 15.5. The molecule has 1 fully saturated rings. The average molecular weight is 315 g/mol. The van der Waals surface area contributed by atoms with Crippen LogP contribution in [-0.2, 0) is 7.05 Å². The fourth-order valence-corrected chi connectivity index (χ4v) is 2.72. The van der Waals surface area contributed by atoms with Gasteiger partial charge in [0.1, 0.15) is 21.1 Å². The van der Waals surface area contributed by atoms with E-state index in [1.54, 1.807) is 17.7 Å². The summed E-state index contributed by atoms with van der Waals surface area (Å²) in [5, 5.41) is 0.797. The zero-order valence-electron chi connectivity index (χ0n) is 9.07. The third kappa shape index (κ3) is 1.77. The van der Waals surface area contributed by atoms with Gasteiger partial charge in [0, 0.05) is 13.0 Å². The molecule has 3 rings (SSSR count). The lowest BCUT2D eigenvalue weighted by Crippen LogP contribution is -2.22. The summed E-state index contributed by atoms with van der Waals surface area (Å²) in [4.78, 5) is 20.8. The number of pyridine rings is 1. The van der Waals surface area contributed by atoms with Crippen LogP contribution in [0.25, 0.3) is 10.9 Å². The number of halogens is 2. The molecule has 0 atom stereocenters. The van der Waals surface area contributed by atoms with Crippen LogP contribution in [-0.4, -0.2) is 14.5 Å². The van der Waals surface area contributed by atoms with Gasteiger partial charge in [-0.15, -0.1) is 0 Å². The molecule has 0 radical (unpaired) electrons. The van der Waals surface area contributed by atoms with Crippen molar-refractivity contribution < 1.29 is 0 Å². The second kappa shape index (κ2) is 3.78. The molecule has 0 bridgehead atoms. The lowest BCUT2D eigenvalue weighted by atomic mass is 10.3. The molecule has 1 saturated carbocycles. The van der Waals surface area contributed by atoms with E-state index in [9.17, 15) is 4.79 Å². The number of hydrogen-bond donors (Lipinski definition) is 0. The van der Waals surface area contributed by atoms with Gasteiger partial charge in [-0.2, -0.15) is 0 Å². The fraction of sp³-hybridized carbons (Fsp3) is 0.364. The molecule has 2 aromatic rings. The van der Waals surface area contributed by atoms with Crippen LogP contribution in [0.5, 0.6) is 0 Å². The summed E-state index contributed by atoms with van der Waals surface area (Å²) in [5.74, 6) is 1.26. The Morgan fingerprint density at radius 2 is 2.18 bits per heavy atom. The van der Waals surface area contributed by atoms with E-state index in [1.165, 1.54) is 0 Å². The highest BCUT2D eigenvalue weighted by Gasteiger charge is 2.28. The highest BCUT2D eigenvalue weighted by molar-refractivity contribution is 9.10. The quantitative estimate of drug-likeness (QED) is 0.760. The maximum absolute atomic E-state index is 12.2. The molecular weight excluding hydrogens is 305 g/mol. The van der Waals surface area contributed by atoms with Crippen LogP contribution in [0, 0.1) is 0 Å². The maximum Gasteiger partial charge on any atom is 0.261 e. The standard InChI is InChI=1S/C11H9BrClN3O/c1-16-10(5-2-3-5)15-8-6(11(16)17)4-7(13)14-9(8)12/h4-5H,2-3H2,1H3. The van der Waals surface area contributed by atoms with E-state index in [0.29, 0.717) is 26.6 Å². The molecule has 0 spiro atoms. The Morgan fingerprint density at radius 3 is 2.82 bits per heavy atom. The van der Waals surface area contributed by atoms with Gasteiger partial charge in [-0.05, 0) is 34.8 Å². The molecule has 1 aliphatic rings. The first-order chi connectivity index (χ1) is 8.08. The first-order valence-electron chi connectivity index (χ1n) is 5.30. The highest BCUT2D eigenvalue weighted by atomic mass is 79.9. The van der Waals surface area contributed by atoms with Crippen molar-refractivity contribution in [2.45, 2.75) is 18.8 Å². The second-order valence-electron chi connectivity index (χ2n) is 4.24. The predicted molar refractivity (Wildman–Crippen MR) is 69.5 cm³/mol. The Labute approximate surface area is 111 Å². The number of nitrogens with zero attached hydrogens (tertiary/aromatic N) is 3. The topological polar surface area (TPSA) is 47.8 Å². The van der Waals surface area contributed by atoms with Crippen molar-refractivity contribution in [1.29, 1.82) is 0 Å². The summed E-state index contributed by atoms with van der Waals surface area (Å²) in [6, 6.07) is 1.56. The summed E-state index contributed by atoms with van der Waals surface area (Å²) in [6.45, 7) is 0. The monoisotopic (exact) mass is 313 g/mol. The van der Waals surface area contributed by atoms with Crippen molar-refractivity contribution in [2.24, 2.45) is 7.05 Å².